The molecule has 0 aliphatic rings. The molecule has 0 aromatic heterocycles. The Bertz CT molecular complexity index is 860. The molecular weight excluding hydrogens is 497 g/mol. The predicted molar refractivity (Wildman–Crippen MR) is 157 cm³/mol. The Labute approximate surface area is 232 Å². The summed E-state index contributed by atoms with van der Waals surface area (Å²) in [7, 11) is 1.66. The van der Waals surface area contributed by atoms with E-state index in [1.807, 2.05) is 45.4 Å². The summed E-state index contributed by atoms with van der Waals surface area (Å²) in [5.41, 5.74) is 0.975. The second-order valence-corrected chi connectivity index (χ2v) is 12.0. The Kier molecular flexibility index (Phi) is 19.1. The van der Waals surface area contributed by atoms with Gasteiger partial charge in [0.2, 0.25) is 0 Å². The number of likely N-dealkylation sites (N-methyl/N-ethyl adjacent to an activating group) is 1. The number of hydrogen-bond acceptors (Lipinski definition) is 5. The van der Waals surface area contributed by atoms with Gasteiger partial charge < -0.3 is 23.2 Å². The van der Waals surface area contributed by atoms with Crippen LogP contribution in [0.5, 0.6) is 5.75 Å². The van der Waals surface area contributed by atoms with Gasteiger partial charge in [-0.2, -0.15) is 0 Å². The lowest BCUT2D eigenvalue weighted by Crippen LogP contribution is -2.37. The minimum absolute atomic E-state index is 0.0540. The van der Waals surface area contributed by atoms with E-state index in [1.165, 1.54) is 38.5 Å². The second kappa shape index (κ2) is 21.2. The van der Waals surface area contributed by atoms with Gasteiger partial charge in [0, 0.05) is 0 Å². The molecule has 0 aliphatic carbocycles. The highest BCUT2D eigenvalue weighted by Gasteiger charge is 2.13. The topological polar surface area (TPSA) is 67.8 Å². The highest BCUT2D eigenvalue weighted by Crippen LogP contribution is 2.38. The van der Waals surface area contributed by atoms with Crippen LogP contribution in [0.4, 0.5) is 0 Å². The molecule has 1 aromatic carbocycles. The van der Waals surface area contributed by atoms with Crippen molar-refractivity contribution >= 4 is 7.82 Å². The van der Waals surface area contributed by atoms with Crippen molar-refractivity contribution in [1.82, 2.24) is 0 Å². The average molecular weight is 550 g/mol. The minimum Gasteiger partial charge on any atom is -0.756 e. The Balaban J connectivity index is 2.06. The first-order valence-electron chi connectivity index (χ1n) is 14.3. The van der Waals surface area contributed by atoms with Gasteiger partial charge in [-0.25, -0.2) is 0 Å². The molecular formula is C31H52NO5P. The Morgan fingerprint density at radius 1 is 0.816 bits per heavy atom. The lowest BCUT2D eigenvalue weighted by atomic mass is 10.1. The second-order valence-electron chi connectivity index (χ2n) is 10.6. The number of hydrogen-bond donors (Lipinski definition) is 0. The van der Waals surface area contributed by atoms with Crippen molar-refractivity contribution in [1.29, 1.82) is 0 Å². The number of allylic oxidation sites excluding steroid dienone is 6. The van der Waals surface area contributed by atoms with Gasteiger partial charge in [0.1, 0.15) is 18.9 Å². The molecule has 0 saturated carbocycles. The van der Waals surface area contributed by atoms with Crippen LogP contribution in [0.1, 0.15) is 76.7 Å². The maximum absolute atomic E-state index is 11.9. The number of benzene rings is 1. The zero-order chi connectivity index (χ0) is 28.0. The van der Waals surface area contributed by atoms with Crippen LogP contribution in [0.2, 0.25) is 0 Å². The van der Waals surface area contributed by atoms with Crippen LogP contribution in [0.25, 0.3) is 0 Å². The fourth-order valence-electron chi connectivity index (χ4n) is 3.62. The highest BCUT2D eigenvalue weighted by atomic mass is 31.2. The monoisotopic (exact) mass is 549 g/mol. The molecule has 6 nitrogen and oxygen atoms in total. The van der Waals surface area contributed by atoms with E-state index in [4.69, 9.17) is 13.8 Å². The third-order valence-corrected chi connectivity index (χ3v) is 6.86. The Morgan fingerprint density at radius 3 is 2.16 bits per heavy atom. The van der Waals surface area contributed by atoms with E-state index in [1.54, 1.807) is 0 Å². The molecule has 7 heteroatoms. The zero-order valence-electron chi connectivity index (χ0n) is 24.3. The number of phosphoric acid groups is 1. The van der Waals surface area contributed by atoms with Crippen molar-refractivity contribution in [2.24, 2.45) is 0 Å². The predicted octanol–water partition coefficient (Wildman–Crippen LogP) is 7.41. The summed E-state index contributed by atoms with van der Waals surface area (Å²) in [5.74, 6) is 0.811. The summed E-state index contributed by atoms with van der Waals surface area (Å²) >= 11 is 0. The van der Waals surface area contributed by atoms with Crippen molar-refractivity contribution in [2.45, 2.75) is 77.6 Å². The number of quaternary nitrogens is 1. The molecule has 0 saturated heterocycles. The van der Waals surface area contributed by atoms with Gasteiger partial charge in [-0.3, -0.25) is 4.57 Å². The van der Waals surface area contributed by atoms with Crippen LogP contribution >= 0.6 is 7.82 Å². The van der Waals surface area contributed by atoms with Crippen LogP contribution in [0.15, 0.2) is 60.7 Å². The van der Waals surface area contributed by atoms with E-state index in [9.17, 15) is 9.46 Å². The molecule has 0 amide bonds. The van der Waals surface area contributed by atoms with Crippen molar-refractivity contribution < 1.29 is 27.7 Å². The average Bonchev–Trinajstić information content (AvgIpc) is 2.85. The first-order valence-corrected chi connectivity index (χ1v) is 15.8. The molecule has 1 unspecified atom stereocenters. The molecule has 1 atom stereocenters. The molecule has 0 radical (unpaired) electrons. The first-order chi connectivity index (χ1) is 18.2. The fraction of sp³-hybridized carbons (Fsp3) is 0.613. The van der Waals surface area contributed by atoms with Crippen molar-refractivity contribution in [2.75, 3.05) is 47.5 Å². The number of nitrogens with zero attached hydrogens (tertiary/aromatic N) is 1. The standard InChI is InChI=1S/C31H52NO5P/c1-5-6-7-8-9-10-11-12-13-14-15-16-17-18-19-20-26-35-31-23-21-22-30(29-31)24-27-36-38(33,34)37-28-25-32(2,3)4/h6-7,9-10,12-13,21-23,29H,5,8,11,14-20,24-28H2,1-4H3/b7-6-,10-9-,13-12-. The SMILES string of the molecule is CC/C=C\C/C=C\C/C=C\CCCCCCCCOc1cccc(CCOP(=O)([O-])OCC[N+](C)(C)C)c1. The third-order valence-electron chi connectivity index (χ3n) is 5.86. The highest BCUT2D eigenvalue weighted by molar-refractivity contribution is 7.45. The summed E-state index contributed by atoms with van der Waals surface area (Å²) in [4.78, 5) is 11.9. The number of rotatable bonds is 23. The molecule has 216 valence electrons. The van der Waals surface area contributed by atoms with Gasteiger partial charge in [-0.05, 0) is 62.6 Å². The van der Waals surface area contributed by atoms with E-state index in [2.05, 4.69) is 43.4 Å². The zero-order valence-corrected chi connectivity index (χ0v) is 25.2. The number of phosphoric ester groups is 1. The fourth-order valence-corrected chi connectivity index (χ4v) is 4.31. The molecule has 0 aliphatic heterocycles. The van der Waals surface area contributed by atoms with Crippen LogP contribution in [0, 0.1) is 0 Å². The van der Waals surface area contributed by atoms with Crippen LogP contribution in [0.3, 0.4) is 0 Å². The number of unbranched alkanes of at least 4 members (excludes halogenated alkanes) is 6. The summed E-state index contributed by atoms with van der Waals surface area (Å²) in [5, 5.41) is 0. The van der Waals surface area contributed by atoms with Gasteiger partial charge in [-0.15, -0.1) is 0 Å². The molecule has 0 bridgehead atoms. The minimum atomic E-state index is -4.27. The van der Waals surface area contributed by atoms with Crippen molar-refractivity contribution in [3.8, 4) is 5.75 Å². The molecule has 38 heavy (non-hydrogen) atoms. The van der Waals surface area contributed by atoms with Crippen molar-refractivity contribution in [3.05, 3.63) is 66.3 Å². The normalized spacial score (nSPS) is 14.1. The van der Waals surface area contributed by atoms with E-state index >= 15 is 0 Å². The van der Waals surface area contributed by atoms with E-state index in [-0.39, 0.29) is 13.2 Å². The summed E-state index contributed by atoms with van der Waals surface area (Å²) in [6, 6.07) is 7.75. The molecule has 1 rings (SSSR count). The van der Waals surface area contributed by atoms with Crippen LogP contribution < -0.4 is 9.63 Å². The molecule has 0 N–H and O–H groups in total. The maximum atomic E-state index is 11.9. The van der Waals surface area contributed by atoms with E-state index < -0.39 is 7.82 Å². The van der Waals surface area contributed by atoms with Crippen LogP contribution in [-0.2, 0) is 20.0 Å². The number of ether oxygens (including phenoxy) is 1. The lowest BCUT2D eigenvalue weighted by molar-refractivity contribution is -0.870. The van der Waals surface area contributed by atoms with E-state index in [0.29, 0.717) is 24.1 Å². The molecule has 1 aromatic rings. The van der Waals surface area contributed by atoms with Gasteiger partial charge >= 0.3 is 0 Å². The summed E-state index contributed by atoms with van der Waals surface area (Å²) in [6.07, 6.45) is 25.6. The third kappa shape index (κ3) is 21.3. The van der Waals surface area contributed by atoms with E-state index in [0.717, 1.165) is 37.0 Å². The van der Waals surface area contributed by atoms with Gasteiger partial charge in [-0.1, -0.05) is 81.2 Å². The quantitative estimate of drug-likeness (QED) is 0.0616. The Hall–Kier alpha value is -1.69. The molecule has 0 heterocycles. The summed E-state index contributed by atoms with van der Waals surface area (Å²) < 4.78 is 28.4. The lowest BCUT2D eigenvalue weighted by Gasteiger charge is -2.27. The molecule has 0 fully saturated rings. The largest absolute Gasteiger partial charge is 0.756 e. The first kappa shape index (κ1) is 34.3. The Morgan fingerprint density at radius 2 is 1.45 bits per heavy atom. The van der Waals surface area contributed by atoms with Crippen LogP contribution in [-0.4, -0.2) is 52.0 Å². The molecule has 0 spiro atoms. The maximum Gasteiger partial charge on any atom is 0.268 e. The van der Waals surface area contributed by atoms with Gasteiger partial charge in [0.05, 0.1) is 34.4 Å². The van der Waals surface area contributed by atoms with Gasteiger partial charge in [0.25, 0.3) is 7.82 Å². The van der Waals surface area contributed by atoms with Crippen molar-refractivity contribution in [3.63, 3.8) is 0 Å². The summed E-state index contributed by atoms with van der Waals surface area (Å²) in [6.45, 7) is 3.60. The smallest absolute Gasteiger partial charge is 0.268 e. The van der Waals surface area contributed by atoms with Gasteiger partial charge in [0.15, 0.2) is 0 Å².